The summed E-state index contributed by atoms with van der Waals surface area (Å²) in [5.41, 5.74) is 6.28. The van der Waals surface area contributed by atoms with E-state index in [0.717, 1.165) is 59.2 Å². The van der Waals surface area contributed by atoms with Crippen LogP contribution >= 0.6 is 0 Å². The molecule has 6 fully saturated rings. The van der Waals surface area contributed by atoms with Gasteiger partial charge in [0.05, 0.1) is 0 Å². The predicted octanol–water partition coefficient (Wildman–Crippen LogP) is 7.19. The molecule has 0 saturated heterocycles. The Labute approximate surface area is 180 Å². The van der Waals surface area contributed by atoms with Gasteiger partial charge in [-0.3, -0.25) is 0 Å². The molecule has 0 aromatic heterocycles. The number of hydrogen-bond donors (Lipinski definition) is 1. The van der Waals surface area contributed by atoms with Gasteiger partial charge < -0.3 is 5.73 Å². The summed E-state index contributed by atoms with van der Waals surface area (Å²) in [6.07, 6.45) is 26.2. The molecule has 29 heavy (non-hydrogen) atoms. The van der Waals surface area contributed by atoms with Crippen LogP contribution in [0.5, 0.6) is 0 Å². The van der Waals surface area contributed by atoms with Crippen molar-refractivity contribution < 1.29 is 0 Å². The van der Waals surface area contributed by atoms with Crippen molar-refractivity contribution in [3.63, 3.8) is 0 Å². The summed E-state index contributed by atoms with van der Waals surface area (Å²) in [7, 11) is 0. The highest BCUT2D eigenvalue weighted by Crippen LogP contribution is 2.64. The highest BCUT2D eigenvalue weighted by Gasteiger charge is 2.56. The maximum Gasteiger partial charge on any atom is 0.00390 e. The minimum atomic E-state index is 0.520. The van der Waals surface area contributed by atoms with Crippen molar-refractivity contribution in [3.8, 4) is 0 Å². The third kappa shape index (κ3) is 3.44. The maximum absolute atomic E-state index is 6.28. The smallest absolute Gasteiger partial charge is 0.00390 e. The van der Waals surface area contributed by atoms with E-state index in [9.17, 15) is 0 Å². The van der Waals surface area contributed by atoms with E-state index in [1.165, 1.54) is 32.1 Å². The molecule has 1 nitrogen and oxygen atoms in total. The lowest BCUT2D eigenvalue weighted by Crippen LogP contribution is -2.55. The van der Waals surface area contributed by atoms with E-state index in [4.69, 9.17) is 5.73 Å². The Morgan fingerprint density at radius 1 is 0.345 bits per heavy atom. The second kappa shape index (κ2) is 8.14. The van der Waals surface area contributed by atoms with E-state index in [1.807, 2.05) is 0 Å². The minimum absolute atomic E-state index is 0.520. The van der Waals surface area contributed by atoms with Crippen molar-refractivity contribution in [2.45, 2.75) is 115 Å². The third-order valence-electron chi connectivity index (χ3n) is 11.8. The van der Waals surface area contributed by atoms with E-state index in [1.54, 1.807) is 77.0 Å². The van der Waals surface area contributed by atoms with E-state index in [2.05, 4.69) is 0 Å². The Morgan fingerprint density at radius 2 is 0.759 bits per heavy atom. The molecule has 6 aliphatic rings. The van der Waals surface area contributed by atoms with Crippen LogP contribution in [0.15, 0.2) is 0 Å². The second-order valence-corrected chi connectivity index (χ2v) is 12.7. The lowest BCUT2D eigenvalue weighted by atomic mass is 9.43. The predicted molar refractivity (Wildman–Crippen MR) is 121 cm³/mol. The Hall–Kier alpha value is -0.0400. The molecule has 1 heteroatoms. The third-order valence-corrected chi connectivity index (χ3v) is 11.8. The van der Waals surface area contributed by atoms with Crippen molar-refractivity contribution in [2.24, 2.45) is 64.9 Å². The van der Waals surface area contributed by atoms with Gasteiger partial charge >= 0.3 is 0 Å². The van der Waals surface area contributed by atoms with Gasteiger partial charge in [-0.05, 0) is 136 Å². The van der Waals surface area contributed by atoms with Crippen molar-refractivity contribution >= 4 is 0 Å². The summed E-state index contributed by atoms with van der Waals surface area (Å²) in [5, 5.41) is 0. The molecule has 6 saturated carbocycles. The Morgan fingerprint density at radius 3 is 1.28 bits per heavy atom. The van der Waals surface area contributed by atoms with Crippen LogP contribution in [-0.2, 0) is 0 Å². The Balaban J connectivity index is 1.24. The van der Waals surface area contributed by atoms with Crippen molar-refractivity contribution in [1.82, 2.24) is 0 Å². The summed E-state index contributed by atoms with van der Waals surface area (Å²) in [5.74, 6) is 11.2. The molecule has 8 unspecified atom stereocenters. The minimum Gasteiger partial charge on any atom is -0.328 e. The first-order valence-electron chi connectivity index (χ1n) is 14.0. The zero-order valence-electron chi connectivity index (χ0n) is 18.9. The maximum atomic E-state index is 6.28. The number of hydrogen-bond acceptors (Lipinski definition) is 1. The standard InChI is InChI=1S/C28H47N/c29-22-12-6-19(7-13-22)24-15-9-21-10-16-25-23(18-4-2-1-3-5-18)14-8-20-11-17-26(24)28(21)27(20)25/h18-28H,1-17,29H2. The van der Waals surface area contributed by atoms with E-state index >= 15 is 0 Å². The topological polar surface area (TPSA) is 26.0 Å². The SMILES string of the molecule is NC1CCC(C2CCC3CCC4C(C5CCCCC5)CCC5CCC2C3C54)CC1. The Bertz CT molecular complexity index is 557. The quantitative estimate of drug-likeness (QED) is 0.524. The van der Waals surface area contributed by atoms with E-state index in [-0.39, 0.29) is 0 Å². The summed E-state index contributed by atoms with van der Waals surface area (Å²) < 4.78 is 0. The highest BCUT2D eigenvalue weighted by atomic mass is 14.6. The largest absolute Gasteiger partial charge is 0.328 e. The fourth-order valence-corrected chi connectivity index (χ4v) is 10.7. The van der Waals surface area contributed by atoms with E-state index in [0.29, 0.717) is 6.04 Å². The molecule has 6 rings (SSSR count). The fourth-order valence-electron chi connectivity index (χ4n) is 10.7. The Kier molecular flexibility index (Phi) is 5.51. The van der Waals surface area contributed by atoms with Gasteiger partial charge in [0.1, 0.15) is 0 Å². The summed E-state index contributed by atoms with van der Waals surface area (Å²) >= 11 is 0. The number of nitrogens with two attached hydrogens (primary N) is 1. The average Bonchev–Trinajstić information content (AvgIpc) is 2.78. The van der Waals surface area contributed by atoms with Crippen LogP contribution in [0.2, 0.25) is 0 Å². The molecule has 6 aliphatic carbocycles. The average molecular weight is 398 g/mol. The van der Waals surface area contributed by atoms with Gasteiger partial charge in [0.15, 0.2) is 0 Å². The zero-order chi connectivity index (χ0) is 19.4. The molecule has 0 aliphatic heterocycles. The van der Waals surface area contributed by atoms with E-state index < -0.39 is 0 Å². The van der Waals surface area contributed by atoms with Gasteiger partial charge in [-0.15, -0.1) is 0 Å². The van der Waals surface area contributed by atoms with Gasteiger partial charge in [-0.1, -0.05) is 32.1 Å². The lowest BCUT2D eigenvalue weighted by Gasteiger charge is -2.62. The highest BCUT2D eigenvalue weighted by molar-refractivity contribution is 5.06. The summed E-state index contributed by atoms with van der Waals surface area (Å²) in [4.78, 5) is 0. The summed E-state index contributed by atoms with van der Waals surface area (Å²) in [6, 6.07) is 0.520. The molecule has 0 radical (unpaired) electrons. The van der Waals surface area contributed by atoms with Crippen LogP contribution in [0.3, 0.4) is 0 Å². The molecule has 2 N–H and O–H groups in total. The van der Waals surface area contributed by atoms with Gasteiger partial charge in [0.2, 0.25) is 0 Å². The van der Waals surface area contributed by atoms with Gasteiger partial charge in [0, 0.05) is 6.04 Å². The first-order valence-corrected chi connectivity index (χ1v) is 14.0. The molecule has 0 bridgehead atoms. The van der Waals surface area contributed by atoms with Crippen LogP contribution in [0.25, 0.3) is 0 Å². The second-order valence-electron chi connectivity index (χ2n) is 12.7. The number of rotatable bonds is 2. The molecular weight excluding hydrogens is 350 g/mol. The monoisotopic (exact) mass is 397 g/mol. The first kappa shape index (κ1) is 19.6. The first-order chi connectivity index (χ1) is 14.3. The molecule has 0 aromatic carbocycles. The normalized spacial score (nSPS) is 53.3. The molecular formula is C28H47N. The van der Waals surface area contributed by atoms with Crippen LogP contribution in [-0.4, -0.2) is 6.04 Å². The molecule has 0 amide bonds. The van der Waals surface area contributed by atoms with Crippen molar-refractivity contribution in [1.29, 1.82) is 0 Å². The lowest BCUT2D eigenvalue weighted by molar-refractivity contribution is -0.133. The van der Waals surface area contributed by atoms with Crippen molar-refractivity contribution in [3.05, 3.63) is 0 Å². The van der Waals surface area contributed by atoms with Crippen LogP contribution < -0.4 is 5.73 Å². The van der Waals surface area contributed by atoms with Gasteiger partial charge in [0.25, 0.3) is 0 Å². The molecule has 0 heterocycles. The van der Waals surface area contributed by atoms with Gasteiger partial charge in [-0.2, -0.15) is 0 Å². The van der Waals surface area contributed by atoms with Gasteiger partial charge in [-0.25, -0.2) is 0 Å². The van der Waals surface area contributed by atoms with Crippen molar-refractivity contribution in [2.75, 3.05) is 0 Å². The zero-order valence-corrected chi connectivity index (χ0v) is 18.9. The molecule has 0 spiro atoms. The van der Waals surface area contributed by atoms with Crippen LogP contribution in [0.4, 0.5) is 0 Å². The van der Waals surface area contributed by atoms with Crippen LogP contribution in [0.1, 0.15) is 109 Å². The molecule has 0 aromatic rings. The summed E-state index contributed by atoms with van der Waals surface area (Å²) in [6.45, 7) is 0. The molecule has 164 valence electrons. The molecule has 8 atom stereocenters. The van der Waals surface area contributed by atoms with Crippen LogP contribution in [0, 0.1) is 59.2 Å². The fraction of sp³-hybridized carbons (Fsp3) is 1.00.